The molecule has 0 atom stereocenters. The van der Waals surface area contributed by atoms with Crippen LogP contribution in [-0.4, -0.2) is 53.0 Å². The summed E-state index contributed by atoms with van der Waals surface area (Å²) in [5.41, 5.74) is 3.14. The smallest absolute Gasteiger partial charge is 0.225 e. The van der Waals surface area contributed by atoms with Crippen molar-refractivity contribution in [2.45, 2.75) is 27.3 Å². The molecule has 6 nitrogen and oxygen atoms in total. The van der Waals surface area contributed by atoms with Crippen molar-refractivity contribution in [3.8, 4) is 0 Å². The largest absolute Gasteiger partial charge is 0.349 e. The molecule has 0 bridgehead atoms. The number of ketones is 1. The van der Waals surface area contributed by atoms with Crippen LogP contribution in [0.4, 0.5) is 5.95 Å². The van der Waals surface area contributed by atoms with E-state index in [0.717, 1.165) is 49.9 Å². The number of aryl methyl sites for hydroxylation is 1. The highest BCUT2D eigenvalue weighted by Crippen LogP contribution is 2.15. The Morgan fingerprint density at radius 1 is 1.21 bits per heavy atom. The van der Waals surface area contributed by atoms with E-state index in [4.69, 9.17) is 0 Å². The van der Waals surface area contributed by atoms with Gasteiger partial charge in [-0.05, 0) is 32.9 Å². The molecule has 1 fully saturated rings. The van der Waals surface area contributed by atoms with Crippen LogP contribution in [0.25, 0.3) is 0 Å². The van der Waals surface area contributed by atoms with Crippen molar-refractivity contribution in [3.05, 3.63) is 41.5 Å². The summed E-state index contributed by atoms with van der Waals surface area (Å²) >= 11 is 0. The molecule has 0 saturated carbocycles. The molecular weight excluding hydrogens is 302 g/mol. The second-order valence-corrected chi connectivity index (χ2v) is 6.41. The van der Waals surface area contributed by atoms with Crippen molar-refractivity contribution in [1.29, 1.82) is 0 Å². The van der Waals surface area contributed by atoms with Crippen molar-refractivity contribution < 1.29 is 9.69 Å². The third kappa shape index (κ3) is 3.33. The molecular formula is C18H26N5O+. The van der Waals surface area contributed by atoms with Gasteiger partial charge in [-0.2, -0.15) is 0 Å². The van der Waals surface area contributed by atoms with Gasteiger partial charge in [0.25, 0.3) is 0 Å². The summed E-state index contributed by atoms with van der Waals surface area (Å²) in [5.74, 6) is 1.04. The highest BCUT2D eigenvalue weighted by Gasteiger charge is 2.25. The van der Waals surface area contributed by atoms with Crippen LogP contribution in [0.2, 0.25) is 0 Å². The molecule has 0 aliphatic carbocycles. The van der Waals surface area contributed by atoms with Gasteiger partial charge < -0.3 is 14.4 Å². The molecule has 24 heavy (non-hydrogen) atoms. The lowest BCUT2D eigenvalue weighted by molar-refractivity contribution is -0.892. The van der Waals surface area contributed by atoms with E-state index >= 15 is 0 Å². The second kappa shape index (κ2) is 7.13. The van der Waals surface area contributed by atoms with Gasteiger partial charge in [0, 0.05) is 35.9 Å². The van der Waals surface area contributed by atoms with Gasteiger partial charge in [-0.15, -0.1) is 0 Å². The molecule has 6 heteroatoms. The van der Waals surface area contributed by atoms with E-state index in [1.165, 1.54) is 10.6 Å². The SMILES string of the molecule is CCn1c(C)cc(C(=O)C[NH+]2CCN(c3ncccn3)CC2)c1C. The Bertz CT molecular complexity index is 702. The molecule has 0 amide bonds. The van der Waals surface area contributed by atoms with Crippen molar-refractivity contribution in [2.75, 3.05) is 37.6 Å². The number of Topliss-reactive ketones (excluding diaryl/α,β-unsaturated/α-hetero) is 1. The lowest BCUT2D eigenvalue weighted by Gasteiger charge is -2.31. The van der Waals surface area contributed by atoms with Gasteiger partial charge >= 0.3 is 0 Å². The zero-order valence-corrected chi connectivity index (χ0v) is 14.7. The summed E-state index contributed by atoms with van der Waals surface area (Å²) in [6.45, 7) is 11.4. The number of rotatable bonds is 5. The first-order chi connectivity index (χ1) is 11.6. The Balaban J connectivity index is 1.59. The standard InChI is InChI=1S/C18H25N5O/c1-4-23-14(2)12-16(15(23)3)17(24)13-21-8-10-22(11-9-21)18-19-6-5-7-20-18/h5-7,12H,4,8-11,13H2,1-3H3/p+1. The van der Waals surface area contributed by atoms with Crippen molar-refractivity contribution in [1.82, 2.24) is 14.5 Å². The van der Waals surface area contributed by atoms with E-state index in [-0.39, 0.29) is 5.78 Å². The number of nitrogens with zero attached hydrogens (tertiary/aromatic N) is 4. The van der Waals surface area contributed by atoms with Crippen LogP contribution in [0, 0.1) is 13.8 Å². The number of carbonyl (C=O) groups is 1. The van der Waals surface area contributed by atoms with Crippen LogP contribution in [0.3, 0.4) is 0 Å². The Morgan fingerprint density at radius 2 is 1.88 bits per heavy atom. The number of hydrogen-bond acceptors (Lipinski definition) is 4. The van der Waals surface area contributed by atoms with Gasteiger partial charge in [-0.1, -0.05) is 0 Å². The third-order valence-corrected chi connectivity index (χ3v) is 4.91. The average molecular weight is 328 g/mol. The first-order valence-corrected chi connectivity index (χ1v) is 8.65. The summed E-state index contributed by atoms with van der Waals surface area (Å²) in [7, 11) is 0. The molecule has 0 unspecified atom stereocenters. The number of carbonyl (C=O) groups excluding carboxylic acids is 1. The minimum absolute atomic E-state index is 0.252. The average Bonchev–Trinajstić information content (AvgIpc) is 2.90. The zero-order chi connectivity index (χ0) is 17.1. The summed E-state index contributed by atoms with van der Waals surface area (Å²) in [4.78, 5) is 24.8. The van der Waals surface area contributed by atoms with E-state index in [0.29, 0.717) is 6.54 Å². The topological polar surface area (TPSA) is 55.5 Å². The first-order valence-electron chi connectivity index (χ1n) is 8.65. The molecule has 3 heterocycles. The van der Waals surface area contributed by atoms with Gasteiger partial charge in [0.05, 0.1) is 26.2 Å². The Kier molecular flexibility index (Phi) is 4.94. The number of piperazine rings is 1. The van der Waals surface area contributed by atoms with Gasteiger partial charge in [0.15, 0.2) is 0 Å². The van der Waals surface area contributed by atoms with Crippen molar-refractivity contribution in [3.63, 3.8) is 0 Å². The lowest BCUT2D eigenvalue weighted by atomic mass is 10.1. The summed E-state index contributed by atoms with van der Waals surface area (Å²) in [6.07, 6.45) is 3.54. The molecule has 128 valence electrons. The number of nitrogens with one attached hydrogen (secondary N) is 1. The van der Waals surface area contributed by atoms with E-state index in [9.17, 15) is 4.79 Å². The molecule has 0 aromatic carbocycles. The monoisotopic (exact) mass is 328 g/mol. The number of hydrogen-bond donors (Lipinski definition) is 1. The van der Waals surface area contributed by atoms with Gasteiger partial charge in [-0.3, -0.25) is 4.79 Å². The molecule has 3 rings (SSSR count). The molecule has 1 N–H and O–H groups in total. The second-order valence-electron chi connectivity index (χ2n) is 6.41. The summed E-state index contributed by atoms with van der Waals surface area (Å²) in [6, 6.07) is 3.87. The van der Waals surface area contributed by atoms with E-state index < -0.39 is 0 Å². The Hall–Kier alpha value is -2.21. The number of quaternary nitrogens is 1. The van der Waals surface area contributed by atoms with Gasteiger partial charge in [0.1, 0.15) is 6.54 Å². The van der Waals surface area contributed by atoms with E-state index in [1.54, 1.807) is 12.4 Å². The molecule has 1 aliphatic heterocycles. The molecule has 1 saturated heterocycles. The lowest BCUT2D eigenvalue weighted by Crippen LogP contribution is -3.15. The Morgan fingerprint density at radius 3 is 2.46 bits per heavy atom. The van der Waals surface area contributed by atoms with Crippen LogP contribution in [-0.2, 0) is 6.54 Å². The summed E-state index contributed by atoms with van der Waals surface area (Å²) in [5, 5.41) is 0. The predicted octanol–water partition coefficient (Wildman–Crippen LogP) is 0.503. The molecule has 2 aromatic rings. The predicted molar refractivity (Wildman–Crippen MR) is 93.7 cm³/mol. The molecule has 0 spiro atoms. The highest BCUT2D eigenvalue weighted by atomic mass is 16.1. The highest BCUT2D eigenvalue weighted by molar-refractivity contribution is 5.98. The number of anilines is 1. The third-order valence-electron chi connectivity index (χ3n) is 4.91. The maximum Gasteiger partial charge on any atom is 0.225 e. The van der Waals surface area contributed by atoms with E-state index in [1.807, 2.05) is 19.1 Å². The summed E-state index contributed by atoms with van der Waals surface area (Å²) < 4.78 is 2.20. The van der Waals surface area contributed by atoms with Crippen LogP contribution >= 0.6 is 0 Å². The maximum atomic E-state index is 12.7. The maximum absolute atomic E-state index is 12.7. The van der Waals surface area contributed by atoms with Crippen LogP contribution in [0.1, 0.15) is 28.7 Å². The van der Waals surface area contributed by atoms with Crippen molar-refractivity contribution >= 4 is 11.7 Å². The fraction of sp³-hybridized carbons (Fsp3) is 0.500. The van der Waals surface area contributed by atoms with Crippen LogP contribution < -0.4 is 9.80 Å². The van der Waals surface area contributed by atoms with Gasteiger partial charge in [0.2, 0.25) is 11.7 Å². The minimum Gasteiger partial charge on any atom is -0.349 e. The quantitative estimate of drug-likeness (QED) is 0.812. The normalized spacial score (nSPS) is 15.7. The molecule has 2 aromatic heterocycles. The first kappa shape index (κ1) is 16.6. The molecule has 1 aliphatic rings. The minimum atomic E-state index is 0.252. The zero-order valence-electron chi connectivity index (χ0n) is 14.7. The van der Waals surface area contributed by atoms with Crippen molar-refractivity contribution in [2.24, 2.45) is 0 Å². The van der Waals surface area contributed by atoms with Gasteiger partial charge in [-0.25, -0.2) is 9.97 Å². The van der Waals surface area contributed by atoms with E-state index in [2.05, 4.69) is 33.3 Å². The van der Waals surface area contributed by atoms with Crippen LogP contribution in [0.5, 0.6) is 0 Å². The fourth-order valence-electron chi connectivity index (χ4n) is 3.55. The Labute approximate surface area is 143 Å². The molecule has 0 radical (unpaired) electrons. The number of aromatic nitrogens is 3. The fourth-order valence-corrected chi connectivity index (χ4v) is 3.55. The van der Waals surface area contributed by atoms with Crippen LogP contribution in [0.15, 0.2) is 24.5 Å².